The van der Waals surface area contributed by atoms with E-state index in [9.17, 15) is 0 Å². The van der Waals surface area contributed by atoms with Crippen molar-refractivity contribution in [2.24, 2.45) is 5.92 Å². The molecule has 0 spiro atoms. The van der Waals surface area contributed by atoms with Crippen LogP contribution in [0.3, 0.4) is 0 Å². The SMILES string of the molecule is CC1C=C(C[Si](C)(C)C)CCC1. The normalized spacial score (nSPS) is 25.3. The molecule has 0 aromatic carbocycles. The van der Waals surface area contributed by atoms with Gasteiger partial charge in [-0.3, -0.25) is 0 Å². The molecule has 0 saturated heterocycles. The van der Waals surface area contributed by atoms with Crippen molar-refractivity contribution in [3.8, 4) is 0 Å². The van der Waals surface area contributed by atoms with Crippen LogP contribution >= 0.6 is 0 Å². The van der Waals surface area contributed by atoms with Crippen LogP contribution in [0.25, 0.3) is 0 Å². The first-order valence-corrected chi connectivity index (χ1v) is 8.88. The van der Waals surface area contributed by atoms with Crippen LogP contribution in [0.2, 0.25) is 25.7 Å². The molecule has 0 aromatic heterocycles. The first kappa shape index (κ1) is 10.0. The Hall–Kier alpha value is -0.0431. The van der Waals surface area contributed by atoms with Gasteiger partial charge in [0, 0.05) is 8.07 Å². The predicted octanol–water partition coefficient (Wildman–Crippen LogP) is 4.07. The zero-order valence-corrected chi connectivity index (χ0v) is 9.98. The molecule has 0 nitrogen and oxygen atoms in total. The quantitative estimate of drug-likeness (QED) is 0.446. The lowest BCUT2D eigenvalue weighted by atomic mass is 9.93. The molecule has 0 heterocycles. The third-order valence-corrected chi connectivity index (χ3v) is 3.95. The molecule has 1 aliphatic rings. The fraction of sp³-hybridized carbons (Fsp3) is 0.818. The second kappa shape index (κ2) is 3.78. The van der Waals surface area contributed by atoms with E-state index in [0.29, 0.717) is 0 Å². The van der Waals surface area contributed by atoms with Gasteiger partial charge in [0.15, 0.2) is 0 Å². The van der Waals surface area contributed by atoms with Crippen molar-refractivity contribution in [2.45, 2.75) is 51.9 Å². The third-order valence-electron chi connectivity index (χ3n) is 2.43. The van der Waals surface area contributed by atoms with Crippen molar-refractivity contribution in [3.63, 3.8) is 0 Å². The minimum Gasteiger partial charge on any atom is -0.0828 e. The van der Waals surface area contributed by atoms with E-state index in [1.807, 2.05) is 0 Å². The molecule has 0 aliphatic heterocycles. The Morgan fingerprint density at radius 2 is 2.08 bits per heavy atom. The summed E-state index contributed by atoms with van der Waals surface area (Å²) in [7, 11) is -0.842. The monoisotopic (exact) mass is 182 g/mol. The summed E-state index contributed by atoms with van der Waals surface area (Å²) in [5.74, 6) is 0.852. The summed E-state index contributed by atoms with van der Waals surface area (Å²) in [6.07, 6.45) is 6.75. The Morgan fingerprint density at radius 3 is 2.58 bits per heavy atom. The van der Waals surface area contributed by atoms with Gasteiger partial charge >= 0.3 is 0 Å². The van der Waals surface area contributed by atoms with E-state index in [1.54, 1.807) is 5.57 Å². The van der Waals surface area contributed by atoms with E-state index < -0.39 is 8.07 Å². The summed E-state index contributed by atoms with van der Waals surface area (Å²) >= 11 is 0. The molecule has 1 atom stereocenters. The van der Waals surface area contributed by atoms with Gasteiger partial charge in [-0.1, -0.05) is 38.2 Å². The van der Waals surface area contributed by atoms with Crippen LogP contribution in [0, 0.1) is 5.92 Å². The topological polar surface area (TPSA) is 0 Å². The van der Waals surface area contributed by atoms with Gasteiger partial charge in [0.05, 0.1) is 0 Å². The summed E-state index contributed by atoms with van der Waals surface area (Å²) in [5.41, 5.74) is 1.76. The second-order valence-electron chi connectivity index (χ2n) is 5.43. The average molecular weight is 182 g/mol. The van der Waals surface area contributed by atoms with Crippen LogP contribution in [-0.4, -0.2) is 8.07 Å². The molecule has 1 unspecified atom stereocenters. The summed E-state index contributed by atoms with van der Waals surface area (Å²) in [5, 5.41) is 0. The first-order valence-electron chi connectivity index (χ1n) is 5.17. The van der Waals surface area contributed by atoms with Crippen LogP contribution < -0.4 is 0 Å². The lowest BCUT2D eigenvalue weighted by molar-refractivity contribution is 0.567. The molecule has 1 aliphatic carbocycles. The van der Waals surface area contributed by atoms with Gasteiger partial charge in [0.2, 0.25) is 0 Å². The molecule has 0 N–H and O–H groups in total. The average Bonchev–Trinajstić information content (AvgIpc) is 1.82. The molecule has 0 fully saturated rings. The molecule has 70 valence electrons. The van der Waals surface area contributed by atoms with Crippen LogP contribution in [0.5, 0.6) is 0 Å². The fourth-order valence-corrected chi connectivity index (χ4v) is 3.71. The predicted molar refractivity (Wildman–Crippen MR) is 59.3 cm³/mol. The smallest absolute Gasteiger partial charge is 0.0483 e. The summed E-state index contributed by atoms with van der Waals surface area (Å²) in [4.78, 5) is 0. The van der Waals surface area contributed by atoms with Crippen molar-refractivity contribution in [3.05, 3.63) is 11.6 Å². The van der Waals surface area contributed by atoms with Gasteiger partial charge in [0.25, 0.3) is 0 Å². The summed E-state index contributed by atoms with van der Waals surface area (Å²) in [6.45, 7) is 9.75. The summed E-state index contributed by atoms with van der Waals surface area (Å²) in [6, 6.07) is 1.43. The van der Waals surface area contributed by atoms with Gasteiger partial charge in [-0.15, -0.1) is 0 Å². The van der Waals surface area contributed by atoms with E-state index in [2.05, 4.69) is 32.6 Å². The van der Waals surface area contributed by atoms with E-state index in [-0.39, 0.29) is 0 Å². The molecule has 12 heavy (non-hydrogen) atoms. The van der Waals surface area contributed by atoms with Crippen molar-refractivity contribution in [1.29, 1.82) is 0 Å². The van der Waals surface area contributed by atoms with Crippen LogP contribution in [0.4, 0.5) is 0 Å². The Morgan fingerprint density at radius 1 is 1.42 bits per heavy atom. The van der Waals surface area contributed by atoms with Crippen molar-refractivity contribution in [2.75, 3.05) is 0 Å². The van der Waals surface area contributed by atoms with Crippen molar-refractivity contribution in [1.82, 2.24) is 0 Å². The summed E-state index contributed by atoms with van der Waals surface area (Å²) < 4.78 is 0. The van der Waals surface area contributed by atoms with E-state index >= 15 is 0 Å². The fourth-order valence-electron chi connectivity index (χ4n) is 2.05. The molecular weight excluding hydrogens is 160 g/mol. The number of rotatable bonds is 2. The van der Waals surface area contributed by atoms with Gasteiger partial charge in [-0.05, 0) is 31.2 Å². The highest BCUT2D eigenvalue weighted by molar-refractivity contribution is 6.76. The lowest BCUT2D eigenvalue weighted by Crippen LogP contribution is -2.21. The molecular formula is C11H22Si. The van der Waals surface area contributed by atoms with Crippen LogP contribution in [0.1, 0.15) is 26.2 Å². The lowest BCUT2D eigenvalue weighted by Gasteiger charge is -2.23. The minimum atomic E-state index is -0.842. The molecule has 0 aromatic rings. The van der Waals surface area contributed by atoms with E-state index in [1.165, 1.54) is 25.3 Å². The van der Waals surface area contributed by atoms with Gasteiger partial charge in [0.1, 0.15) is 0 Å². The molecule has 1 rings (SSSR count). The van der Waals surface area contributed by atoms with Crippen LogP contribution in [0.15, 0.2) is 11.6 Å². The highest BCUT2D eigenvalue weighted by atomic mass is 28.3. The molecule has 1 heteroatoms. The highest BCUT2D eigenvalue weighted by Crippen LogP contribution is 2.28. The highest BCUT2D eigenvalue weighted by Gasteiger charge is 2.17. The largest absolute Gasteiger partial charge is 0.0828 e. The number of hydrogen-bond acceptors (Lipinski definition) is 0. The first-order chi connectivity index (χ1) is 5.47. The third kappa shape index (κ3) is 3.57. The zero-order valence-electron chi connectivity index (χ0n) is 8.98. The van der Waals surface area contributed by atoms with E-state index in [0.717, 1.165) is 5.92 Å². The Bertz CT molecular complexity index is 174. The van der Waals surface area contributed by atoms with E-state index in [4.69, 9.17) is 0 Å². The minimum absolute atomic E-state index is 0.842. The zero-order chi connectivity index (χ0) is 9.19. The Balaban J connectivity index is 2.52. The second-order valence-corrected chi connectivity index (χ2v) is 10.9. The Kier molecular flexibility index (Phi) is 3.16. The number of hydrogen-bond donors (Lipinski definition) is 0. The van der Waals surface area contributed by atoms with Crippen molar-refractivity contribution < 1.29 is 0 Å². The van der Waals surface area contributed by atoms with Gasteiger partial charge in [-0.2, -0.15) is 0 Å². The van der Waals surface area contributed by atoms with Gasteiger partial charge in [-0.25, -0.2) is 0 Å². The molecule has 0 radical (unpaired) electrons. The molecule has 0 saturated carbocycles. The molecule has 0 bridgehead atoms. The maximum Gasteiger partial charge on any atom is 0.0483 e. The number of allylic oxidation sites excluding steroid dienone is 2. The maximum absolute atomic E-state index is 2.53. The van der Waals surface area contributed by atoms with Gasteiger partial charge < -0.3 is 0 Å². The maximum atomic E-state index is 2.53. The van der Waals surface area contributed by atoms with Crippen LogP contribution in [-0.2, 0) is 0 Å². The van der Waals surface area contributed by atoms with Crippen molar-refractivity contribution >= 4 is 8.07 Å². The Labute approximate surface area is 78.1 Å². The standard InChI is InChI=1S/C11H22Si/c1-10-6-5-7-11(8-10)9-12(2,3)4/h8,10H,5-7,9H2,1-4H3. The molecule has 0 amide bonds.